The van der Waals surface area contributed by atoms with Crippen molar-refractivity contribution in [1.29, 1.82) is 0 Å². The molecular weight excluding hydrogens is 238 g/mol. The molecule has 1 unspecified atom stereocenters. The Morgan fingerprint density at radius 1 is 1.12 bits per heavy atom. The summed E-state index contributed by atoms with van der Waals surface area (Å²) in [5.41, 5.74) is 1.52. The molecular formula is C13H12ClNO2. The summed E-state index contributed by atoms with van der Waals surface area (Å²) in [6, 6.07) is 10.1. The molecule has 1 heterocycles. The van der Waals surface area contributed by atoms with Gasteiger partial charge < -0.3 is 10.2 Å². The van der Waals surface area contributed by atoms with Crippen molar-refractivity contribution in [3.8, 4) is 5.75 Å². The molecule has 4 heteroatoms. The number of pyridine rings is 1. The lowest BCUT2D eigenvalue weighted by Crippen LogP contribution is -2.03. The largest absolute Gasteiger partial charge is 0.508 e. The SMILES string of the molecule is Oc1ccc(CC(O)c2ccc(Cl)cn2)cc1. The predicted molar refractivity (Wildman–Crippen MR) is 66.0 cm³/mol. The summed E-state index contributed by atoms with van der Waals surface area (Å²) in [6.07, 6.45) is 1.29. The van der Waals surface area contributed by atoms with Crippen molar-refractivity contribution in [2.24, 2.45) is 0 Å². The first kappa shape index (κ1) is 11.9. The summed E-state index contributed by atoms with van der Waals surface area (Å²) >= 11 is 5.72. The van der Waals surface area contributed by atoms with E-state index in [9.17, 15) is 5.11 Å². The first-order chi connectivity index (χ1) is 8.15. The van der Waals surface area contributed by atoms with E-state index in [2.05, 4.69) is 4.98 Å². The number of phenolic OH excluding ortho intramolecular Hbond substituents is 1. The fourth-order valence-corrected chi connectivity index (χ4v) is 1.66. The summed E-state index contributed by atoms with van der Waals surface area (Å²) < 4.78 is 0. The Balaban J connectivity index is 2.08. The van der Waals surface area contributed by atoms with Gasteiger partial charge in [0.2, 0.25) is 0 Å². The third kappa shape index (κ3) is 3.19. The summed E-state index contributed by atoms with van der Waals surface area (Å²) in [4.78, 5) is 4.06. The predicted octanol–water partition coefficient (Wildman–Crippen LogP) is 2.72. The molecule has 0 fully saturated rings. The van der Waals surface area contributed by atoms with Crippen molar-refractivity contribution in [2.45, 2.75) is 12.5 Å². The van der Waals surface area contributed by atoms with Crippen LogP contribution in [0.3, 0.4) is 0 Å². The van der Waals surface area contributed by atoms with Gasteiger partial charge in [-0.15, -0.1) is 0 Å². The Bertz CT molecular complexity index is 482. The lowest BCUT2D eigenvalue weighted by Gasteiger charge is -2.10. The maximum atomic E-state index is 9.97. The Labute approximate surface area is 104 Å². The normalized spacial score (nSPS) is 12.4. The highest BCUT2D eigenvalue weighted by Crippen LogP contribution is 2.19. The second-order valence-corrected chi connectivity index (χ2v) is 4.22. The van der Waals surface area contributed by atoms with Gasteiger partial charge in [0.15, 0.2) is 0 Å². The van der Waals surface area contributed by atoms with E-state index in [1.165, 1.54) is 6.20 Å². The molecule has 0 saturated carbocycles. The number of aromatic hydroxyl groups is 1. The molecule has 0 aliphatic heterocycles. The molecule has 88 valence electrons. The maximum absolute atomic E-state index is 9.97. The zero-order valence-corrected chi connectivity index (χ0v) is 9.80. The minimum atomic E-state index is -0.670. The van der Waals surface area contributed by atoms with Crippen LogP contribution in [0.4, 0.5) is 0 Å². The van der Waals surface area contributed by atoms with Gasteiger partial charge in [-0.25, -0.2) is 0 Å². The molecule has 0 aliphatic carbocycles. The molecule has 0 radical (unpaired) electrons. The number of phenols is 1. The molecule has 0 bridgehead atoms. The van der Waals surface area contributed by atoms with Crippen molar-refractivity contribution < 1.29 is 10.2 Å². The molecule has 1 aromatic heterocycles. The van der Waals surface area contributed by atoms with Gasteiger partial charge in [0, 0.05) is 12.6 Å². The van der Waals surface area contributed by atoms with Gasteiger partial charge in [0.25, 0.3) is 0 Å². The van der Waals surface area contributed by atoms with Crippen LogP contribution in [0.1, 0.15) is 17.4 Å². The van der Waals surface area contributed by atoms with Gasteiger partial charge in [0.05, 0.1) is 16.8 Å². The lowest BCUT2D eigenvalue weighted by atomic mass is 10.1. The number of benzene rings is 1. The van der Waals surface area contributed by atoms with E-state index in [0.29, 0.717) is 17.1 Å². The molecule has 1 aromatic carbocycles. The van der Waals surface area contributed by atoms with E-state index in [1.807, 2.05) is 0 Å². The van der Waals surface area contributed by atoms with Gasteiger partial charge in [-0.2, -0.15) is 0 Å². The average molecular weight is 250 g/mol. The molecule has 2 rings (SSSR count). The molecule has 2 N–H and O–H groups in total. The topological polar surface area (TPSA) is 53.4 Å². The van der Waals surface area contributed by atoms with Gasteiger partial charge in [0.1, 0.15) is 5.75 Å². The quantitative estimate of drug-likeness (QED) is 0.879. The smallest absolute Gasteiger partial charge is 0.115 e. The third-order valence-electron chi connectivity index (χ3n) is 2.46. The van der Waals surface area contributed by atoms with Gasteiger partial charge >= 0.3 is 0 Å². The molecule has 17 heavy (non-hydrogen) atoms. The van der Waals surface area contributed by atoms with Gasteiger partial charge in [-0.1, -0.05) is 23.7 Å². The van der Waals surface area contributed by atoms with Crippen molar-refractivity contribution in [3.05, 3.63) is 58.9 Å². The summed E-state index contributed by atoms with van der Waals surface area (Å²) in [5, 5.41) is 19.7. The van der Waals surface area contributed by atoms with Crippen molar-refractivity contribution in [1.82, 2.24) is 4.98 Å². The Morgan fingerprint density at radius 2 is 1.82 bits per heavy atom. The number of halogens is 1. The second kappa shape index (κ2) is 5.17. The first-order valence-corrected chi connectivity index (χ1v) is 5.60. The number of aromatic nitrogens is 1. The number of aliphatic hydroxyl groups excluding tert-OH is 1. The first-order valence-electron chi connectivity index (χ1n) is 5.22. The van der Waals surface area contributed by atoms with Crippen molar-refractivity contribution in [3.63, 3.8) is 0 Å². The highest BCUT2D eigenvalue weighted by Gasteiger charge is 2.09. The fourth-order valence-electron chi connectivity index (χ4n) is 1.54. The summed E-state index contributed by atoms with van der Waals surface area (Å²) in [7, 11) is 0. The monoisotopic (exact) mass is 249 g/mol. The molecule has 3 nitrogen and oxygen atoms in total. The van der Waals surface area contributed by atoms with Crippen LogP contribution in [0, 0.1) is 0 Å². The van der Waals surface area contributed by atoms with Crippen LogP contribution in [0.5, 0.6) is 5.75 Å². The molecule has 0 amide bonds. The summed E-state index contributed by atoms with van der Waals surface area (Å²) in [6.45, 7) is 0. The van der Waals surface area contributed by atoms with E-state index in [1.54, 1.807) is 36.4 Å². The highest BCUT2D eigenvalue weighted by molar-refractivity contribution is 6.30. The Kier molecular flexibility index (Phi) is 3.61. The van der Waals surface area contributed by atoms with Crippen molar-refractivity contribution >= 4 is 11.6 Å². The van der Waals surface area contributed by atoms with E-state index in [4.69, 9.17) is 16.7 Å². The Morgan fingerprint density at radius 3 is 2.41 bits per heavy atom. The standard InChI is InChI=1S/C13H12ClNO2/c14-10-3-6-12(15-8-10)13(17)7-9-1-4-11(16)5-2-9/h1-6,8,13,16-17H,7H2. The molecule has 1 atom stereocenters. The van der Waals surface area contributed by atoms with Crippen LogP contribution in [0.25, 0.3) is 0 Å². The van der Waals surface area contributed by atoms with E-state index in [0.717, 1.165) is 5.56 Å². The number of hydrogen-bond donors (Lipinski definition) is 2. The minimum absolute atomic E-state index is 0.216. The molecule has 0 saturated heterocycles. The highest BCUT2D eigenvalue weighted by atomic mass is 35.5. The second-order valence-electron chi connectivity index (χ2n) is 3.79. The van der Waals surface area contributed by atoms with E-state index in [-0.39, 0.29) is 5.75 Å². The molecule has 0 spiro atoms. The lowest BCUT2D eigenvalue weighted by molar-refractivity contribution is 0.173. The number of hydrogen-bond acceptors (Lipinski definition) is 3. The average Bonchev–Trinajstić information content (AvgIpc) is 2.33. The van der Waals surface area contributed by atoms with E-state index >= 15 is 0 Å². The number of nitrogens with zero attached hydrogens (tertiary/aromatic N) is 1. The zero-order chi connectivity index (χ0) is 12.3. The van der Waals surface area contributed by atoms with Crippen LogP contribution in [-0.2, 0) is 6.42 Å². The van der Waals surface area contributed by atoms with Gasteiger partial charge in [-0.05, 0) is 29.8 Å². The summed E-state index contributed by atoms with van der Waals surface area (Å²) in [5.74, 6) is 0.216. The van der Waals surface area contributed by atoms with Crippen LogP contribution >= 0.6 is 11.6 Å². The molecule has 0 aliphatic rings. The van der Waals surface area contributed by atoms with Crippen LogP contribution in [-0.4, -0.2) is 15.2 Å². The van der Waals surface area contributed by atoms with Crippen LogP contribution < -0.4 is 0 Å². The zero-order valence-electron chi connectivity index (χ0n) is 9.05. The maximum Gasteiger partial charge on any atom is 0.115 e. The Hall–Kier alpha value is -1.58. The third-order valence-corrected chi connectivity index (χ3v) is 2.68. The fraction of sp³-hybridized carbons (Fsp3) is 0.154. The number of rotatable bonds is 3. The minimum Gasteiger partial charge on any atom is -0.508 e. The van der Waals surface area contributed by atoms with E-state index < -0.39 is 6.10 Å². The van der Waals surface area contributed by atoms with Crippen molar-refractivity contribution in [2.75, 3.05) is 0 Å². The molecule has 2 aromatic rings. The number of aliphatic hydroxyl groups is 1. The van der Waals surface area contributed by atoms with Gasteiger partial charge in [-0.3, -0.25) is 4.98 Å². The van der Waals surface area contributed by atoms with Crippen LogP contribution in [0.15, 0.2) is 42.6 Å². The van der Waals surface area contributed by atoms with Crippen LogP contribution in [0.2, 0.25) is 5.02 Å².